The van der Waals surface area contributed by atoms with Crippen molar-refractivity contribution in [1.82, 2.24) is 4.90 Å². The minimum Gasteiger partial charge on any atom is -0.366 e. The second kappa shape index (κ2) is 8.62. The highest BCUT2D eigenvalue weighted by molar-refractivity contribution is 6.06. The number of fused-ring (bicyclic) bond motifs is 2. The van der Waals surface area contributed by atoms with Crippen molar-refractivity contribution in [2.45, 2.75) is 26.3 Å². The van der Waals surface area contributed by atoms with Gasteiger partial charge in [-0.15, -0.1) is 0 Å². The predicted molar refractivity (Wildman–Crippen MR) is 132 cm³/mol. The third-order valence-electron chi connectivity index (χ3n) is 7.05. The van der Waals surface area contributed by atoms with Gasteiger partial charge in [-0.05, 0) is 88.6 Å². The number of hydrogen-bond donors (Lipinski definition) is 1. The number of rotatable bonds is 4. The fourth-order valence-electron chi connectivity index (χ4n) is 5.36. The maximum atomic E-state index is 15.8. The van der Waals surface area contributed by atoms with Crippen LogP contribution in [-0.2, 0) is 24.2 Å². The van der Waals surface area contributed by atoms with Crippen LogP contribution in [-0.4, -0.2) is 23.3 Å². The molecule has 1 heterocycles. The molecule has 2 N–H and O–H groups in total. The summed E-state index contributed by atoms with van der Waals surface area (Å²) in [4.78, 5) is 26.1. The summed E-state index contributed by atoms with van der Waals surface area (Å²) in [6, 6.07) is 13.1. The van der Waals surface area contributed by atoms with Crippen molar-refractivity contribution in [2.75, 3.05) is 6.54 Å². The van der Waals surface area contributed by atoms with E-state index in [1.807, 2.05) is 25.1 Å². The Hall–Kier alpha value is -4.06. The van der Waals surface area contributed by atoms with Crippen molar-refractivity contribution in [3.63, 3.8) is 0 Å². The average Bonchev–Trinajstić information content (AvgIpc) is 3.19. The highest BCUT2D eigenvalue weighted by atomic mass is 19.1. The van der Waals surface area contributed by atoms with Crippen LogP contribution in [0.1, 0.15) is 45.1 Å². The molecule has 176 valence electrons. The molecular weight excluding hydrogens is 446 g/mol. The number of amides is 2. The first-order chi connectivity index (χ1) is 16.8. The Morgan fingerprint density at radius 1 is 1.06 bits per heavy atom. The number of allylic oxidation sites excluding steroid dienone is 2. The zero-order valence-corrected chi connectivity index (χ0v) is 19.3. The van der Waals surface area contributed by atoms with E-state index in [2.05, 4.69) is 6.58 Å². The molecule has 6 heteroatoms. The lowest BCUT2D eigenvalue weighted by Gasteiger charge is -2.30. The van der Waals surface area contributed by atoms with Gasteiger partial charge < -0.3 is 10.6 Å². The molecule has 2 amide bonds. The molecule has 3 aromatic rings. The van der Waals surface area contributed by atoms with E-state index < -0.39 is 11.7 Å². The molecule has 0 aromatic heterocycles. The van der Waals surface area contributed by atoms with Gasteiger partial charge in [0.05, 0.1) is 0 Å². The fraction of sp³-hybridized carbons (Fsp3) is 0.172. The number of carbonyl (C=O) groups excluding carboxylic acids is 2. The van der Waals surface area contributed by atoms with Gasteiger partial charge in [-0.25, -0.2) is 8.78 Å². The molecule has 0 radical (unpaired) electrons. The first-order valence-electron chi connectivity index (χ1n) is 11.4. The van der Waals surface area contributed by atoms with Gasteiger partial charge in [-0.3, -0.25) is 9.59 Å². The fourth-order valence-corrected chi connectivity index (χ4v) is 5.36. The van der Waals surface area contributed by atoms with Crippen LogP contribution in [0.3, 0.4) is 0 Å². The van der Waals surface area contributed by atoms with Crippen LogP contribution in [0.15, 0.2) is 61.2 Å². The molecule has 0 fully saturated rings. The lowest BCUT2D eigenvalue weighted by Crippen LogP contribution is -2.35. The van der Waals surface area contributed by atoms with Crippen LogP contribution < -0.4 is 5.73 Å². The minimum atomic E-state index is -0.687. The van der Waals surface area contributed by atoms with Gasteiger partial charge >= 0.3 is 0 Å². The molecular formula is C29H24F2N2O2. The molecule has 0 saturated heterocycles. The summed E-state index contributed by atoms with van der Waals surface area (Å²) in [7, 11) is 0. The van der Waals surface area contributed by atoms with Crippen LogP contribution in [0.4, 0.5) is 8.78 Å². The first-order valence-corrected chi connectivity index (χ1v) is 11.4. The Morgan fingerprint density at radius 3 is 2.49 bits per heavy atom. The largest absolute Gasteiger partial charge is 0.366 e. The van der Waals surface area contributed by atoms with Gasteiger partial charge in [-0.2, -0.15) is 0 Å². The molecule has 0 unspecified atom stereocenters. The lowest BCUT2D eigenvalue weighted by atomic mass is 9.85. The molecule has 4 nitrogen and oxygen atoms in total. The summed E-state index contributed by atoms with van der Waals surface area (Å²) in [6.45, 7) is 6.40. The third-order valence-corrected chi connectivity index (χ3v) is 7.05. The summed E-state index contributed by atoms with van der Waals surface area (Å²) >= 11 is 0. The molecule has 3 aromatic carbocycles. The number of carbonyl (C=O) groups is 2. The SMILES string of the molecule is C=CC(=O)N1CCc2c(cccc2-c2c(F)cc(C(N)=O)c3c2C(C)=C(c2ccc(F)cc2)C3)C1. The second-order valence-corrected chi connectivity index (χ2v) is 8.94. The summed E-state index contributed by atoms with van der Waals surface area (Å²) in [5.74, 6) is -1.68. The van der Waals surface area contributed by atoms with Crippen LogP contribution in [0.25, 0.3) is 22.3 Å². The van der Waals surface area contributed by atoms with Crippen molar-refractivity contribution in [3.05, 3.63) is 106 Å². The summed E-state index contributed by atoms with van der Waals surface area (Å²) in [6.07, 6.45) is 2.27. The van der Waals surface area contributed by atoms with Crippen LogP contribution in [0.2, 0.25) is 0 Å². The maximum Gasteiger partial charge on any atom is 0.249 e. The van der Waals surface area contributed by atoms with Crippen molar-refractivity contribution >= 4 is 23.0 Å². The standard InChI is InChI=1S/C29H24F2N2O2/c1-3-26(34)33-12-11-20-18(15-33)5-4-6-21(20)28-25(31)14-24(29(32)35)23-13-22(16(2)27(23)28)17-7-9-19(30)10-8-17/h3-10,14H,1,11-13,15H2,2H3,(H2,32,35). The van der Waals surface area contributed by atoms with Crippen molar-refractivity contribution in [2.24, 2.45) is 5.73 Å². The van der Waals surface area contributed by atoms with Crippen LogP contribution in [0, 0.1) is 11.6 Å². The predicted octanol–water partition coefficient (Wildman–Crippen LogP) is 5.29. The van der Waals surface area contributed by atoms with E-state index in [1.165, 1.54) is 24.3 Å². The van der Waals surface area contributed by atoms with Gasteiger partial charge in [0.25, 0.3) is 0 Å². The summed E-state index contributed by atoms with van der Waals surface area (Å²) in [5.41, 5.74) is 12.8. The summed E-state index contributed by atoms with van der Waals surface area (Å²) < 4.78 is 29.3. The molecule has 0 saturated carbocycles. The Bertz CT molecular complexity index is 1440. The molecule has 0 spiro atoms. The quantitative estimate of drug-likeness (QED) is 0.527. The Kier molecular flexibility index (Phi) is 5.59. The topological polar surface area (TPSA) is 63.4 Å². The van der Waals surface area contributed by atoms with Crippen molar-refractivity contribution in [1.29, 1.82) is 0 Å². The molecule has 1 aliphatic carbocycles. The van der Waals surface area contributed by atoms with E-state index in [0.717, 1.165) is 33.4 Å². The molecule has 0 bridgehead atoms. The number of halogens is 2. The van der Waals surface area contributed by atoms with Crippen LogP contribution in [0.5, 0.6) is 0 Å². The second-order valence-electron chi connectivity index (χ2n) is 8.94. The molecule has 0 atom stereocenters. The van der Waals surface area contributed by atoms with E-state index in [1.54, 1.807) is 17.0 Å². The van der Waals surface area contributed by atoms with E-state index in [-0.39, 0.29) is 17.3 Å². The number of hydrogen-bond acceptors (Lipinski definition) is 2. The zero-order chi connectivity index (χ0) is 24.9. The number of nitrogens with zero attached hydrogens (tertiary/aromatic N) is 1. The third kappa shape index (κ3) is 3.75. The van der Waals surface area contributed by atoms with Crippen molar-refractivity contribution in [3.8, 4) is 11.1 Å². The molecule has 2 aliphatic rings. The lowest BCUT2D eigenvalue weighted by molar-refractivity contribution is -0.126. The van der Waals surface area contributed by atoms with Crippen LogP contribution >= 0.6 is 0 Å². The Morgan fingerprint density at radius 2 is 1.80 bits per heavy atom. The van der Waals surface area contributed by atoms with Gasteiger partial charge in [0, 0.05) is 24.2 Å². The highest BCUT2D eigenvalue weighted by Gasteiger charge is 2.31. The van der Waals surface area contributed by atoms with Crippen molar-refractivity contribution < 1.29 is 18.4 Å². The smallest absolute Gasteiger partial charge is 0.249 e. The normalized spacial score (nSPS) is 14.5. The number of primary amides is 1. The van der Waals surface area contributed by atoms with Gasteiger partial charge in [0.15, 0.2) is 0 Å². The minimum absolute atomic E-state index is 0.137. The van der Waals surface area contributed by atoms with E-state index in [0.29, 0.717) is 42.6 Å². The monoisotopic (exact) mass is 470 g/mol. The molecule has 1 aliphatic heterocycles. The molecule has 35 heavy (non-hydrogen) atoms. The summed E-state index contributed by atoms with van der Waals surface area (Å²) in [5, 5.41) is 0. The zero-order valence-electron chi connectivity index (χ0n) is 19.3. The number of benzene rings is 3. The Balaban J connectivity index is 1.71. The maximum absolute atomic E-state index is 15.8. The van der Waals surface area contributed by atoms with E-state index in [9.17, 15) is 14.0 Å². The number of nitrogens with two attached hydrogens (primary N) is 1. The highest BCUT2D eigenvalue weighted by Crippen LogP contribution is 2.47. The van der Waals surface area contributed by atoms with E-state index in [4.69, 9.17) is 5.73 Å². The molecule has 5 rings (SSSR count). The van der Waals surface area contributed by atoms with Gasteiger partial charge in [-0.1, -0.05) is 36.9 Å². The first kappa shape index (κ1) is 22.7. The van der Waals surface area contributed by atoms with Gasteiger partial charge in [0.1, 0.15) is 11.6 Å². The Labute approximate surface area is 202 Å². The van der Waals surface area contributed by atoms with Gasteiger partial charge in [0.2, 0.25) is 11.8 Å². The average molecular weight is 471 g/mol. The van der Waals surface area contributed by atoms with E-state index >= 15 is 4.39 Å².